The summed E-state index contributed by atoms with van der Waals surface area (Å²) in [6.07, 6.45) is 1.89. The van der Waals surface area contributed by atoms with E-state index in [4.69, 9.17) is 11.6 Å². The quantitative estimate of drug-likeness (QED) is 0.854. The van der Waals surface area contributed by atoms with E-state index < -0.39 is 0 Å². The van der Waals surface area contributed by atoms with Gasteiger partial charge in [0.05, 0.1) is 11.4 Å². The SMILES string of the molecule is CCC(CC)c1c(C#N)nnn1-c1cccc(Cl)c1C. The van der Waals surface area contributed by atoms with Crippen LogP contribution in [0.25, 0.3) is 5.69 Å². The molecule has 20 heavy (non-hydrogen) atoms. The Hall–Kier alpha value is -1.86. The minimum absolute atomic E-state index is 0.262. The third kappa shape index (κ3) is 2.41. The molecule has 1 aromatic heterocycles. The highest BCUT2D eigenvalue weighted by Crippen LogP contribution is 2.29. The summed E-state index contributed by atoms with van der Waals surface area (Å²) >= 11 is 6.18. The molecule has 2 aromatic rings. The first kappa shape index (κ1) is 14.5. The zero-order chi connectivity index (χ0) is 14.7. The van der Waals surface area contributed by atoms with Crippen molar-refractivity contribution in [2.24, 2.45) is 0 Å². The summed E-state index contributed by atoms with van der Waals surface area (Å²) in [4.78, 5) is 0. The number of rotatable bonds is 4. The van der Waals surface area contributed by atoms with Gasteiger partial charge in [0.1, 0.15) is 6.07 Å². The molecule has 5 heteroatoms. The Morgan fingerprint density at radius 1 is 1.35 bits per heavy atom. The van der Waals surface area contributed by atoms with Gasteiger partial charge >= 0.3 is 0 Å². The molecule has 0 radical (unpaired) electrons. The molecule has 0 aliphatic carbocycles. The number of aromatic nitrogens is 3. The molecule has 0 saturated carbocycles. The highest BCUT2D eigenvalue weighted by atomic mass is 35.5. The van der Waals surface area contributed by atoms with Gasteiger partial charge in [-0.2, -0.15) is 5.26 Å². The molecule has 0 aliphatic heterocycles. The van der Waals surface area contributed by atoms with Crippen LogP contribution in [0.3, 0.4) is 0 Å². The van der Waals surface area contributed by atoms with Crippen LogP contribution in [0.2, 0.25) is 5.02 Å². The van der Waals surface area contributed by atoms with Crippen molar-refractivity contribution in [1.29, 1.82) is 5.26 Å². The maximum atomic E-state index is 9.25. The van der Waals surface area contributed by atoms with Gasteiger partial charge in [-0.05, 0) is 37.5 Å². The zero-order valence-corrected chi connectivity index (χ0v) is 12.6. The van der Waals surface area contributed by atoms with Crippen LogP contribution >= 0.6 is 11.6 Å². The van der Waals surface area contributed by atoms with Gasteiger partial charge in [-0.15, -0.1) is 5.10 Å². The first-order chi connectivity index (χ1) is 9.63. The van der Waals surface area contributed by atoms with E-state index >= 15 is 0 Å². The summed E-state index contributed by atoms with van der Waals surface area (Å²) in [6.45, 7) is 6.16. The fourth-order valence-corrected chi connectivity index (χ4v) is 2.58. The Balaban J connectivity index is 2.66. The van der Waals surface area contributed by atoms with E-state index in [-0.39, 0.29) is 5.92 Å². The smallest absolute Gasteiger partial charge is 0.186 e. The summed E-state index contributed by atoms with van der Waals surface area (Å²) in [6, 6.07) is 7.82. The van der Waals surface area contributed by atoms with Crippen LogP contribution in [-0.4, -0.2) is 15.0 Å². The molecule has 4 nitrogen and oxygen atoms in total. The average Bonchev–Trinajstić information content (AvgIpc) is 2.87. The lowest BCUT2D eigenvalue weighted by Crippen LogP contribution is -2.09. The number of halogens is 1. The highest BCUT2D eigenvalue weighted by molar-refractivity contribution is 6.31. The van der Waals surface area contributed by atoms with E-state index in [0.717, 1.165) is 29.8 Å². The van der Waals surface area contributed by atoms with Crippen molar-refractivity contribution in [3.05, 3.63) is 40.2 Å². The minimum atomic E-state index is 0.262. The highest BCUT2D eigenvalue weighted by Gasteiger charge is 2.22. The van der Waals surface area contributed by atoms with Gasteiger partial charge in [-0.1, -0.05) is 36.7 Å². The Bertz CT molecular complexity index is 650. The topological polar surface area (TPSA) is 54.5 Å². The van der Waals surface area contributed by atoms with Gasteiger partial charge in [-0.3, -0.25) is 0 Å². The second-order valence-electron chi connectivity index (χ2n) is 4.74. The maximum absolute atomic E-state index is 9.25. The van der Waals surface area contributed by atoms with Crippen LogP contribution in [0, 0.1) is 18.3 Å². The standard InChI is InChI=1S/C15H17ClN4/c1-4-11(5-2)15-13(9-17)18-19-20(15)14-8-6-7-12(16)10(14)3/h6-8,11H,4-5H2,1-3H3. The Morgan fingerprint density at radius 3 is 2.65 bits per heavy atom. The molecule has 2 rings (SSSR count). The molecule has 0 atom stereocenters. The van der Waals surface area contributed by atoms with Crippen LogP contribution in [0.15, 0.2) is 18.2 Å². The molecule has 0 aliphatic rings. The molecule has 1 heterocycles. The molecule has 0 spiro atoms. The third-order valence-electron chi connectivity index (χ3n) is 3.65. The van der Waals surface area contributed by atoms with Crippen molar-refractivity contribution < 1.29 is 0 Å². The summed E-state index contributed by atoms with van der Waals surface area (Å²) in [5.41, 5.74) is 3.10. The molecule has 1 aromatic carbocycles. The number of hydrogen-bond donors (Lipinski definition) is 0. The first-order valence-electron chi connectivity index (χ1n) is 6.75. The fourth-order valence-electron chi connectivity index (χ4n) is 2.41. The van der Waals surface area contributed by atoms with E-state index in [0.29, 0.717) is 10.7 Å². The number of hydrogen-bond acceptors (Lipinski definition) is 3. The maximum Gasteiger partial charge on any atom is 0.186 e. The van der Waals surface area contributed by atoms with E-state index in [9.17, 15) is 5.26 Å². The van der Waals surface area contributed by atoms with Crippen molar-refractivity contribution >= 4 is 11.6 Å². The van der Waals surface area contributed by atoms with Crippen LogP contribution in [-0.2, 0) is 0 Å². The van der Waals surface area contributed by atoms with Gasteiger partial charge in [0.25, 0.3) is 0 Å². The van der Waals surface area contributed by atoms with Crippen molar-refractivity contribution in [1.82, 2.24) is 15.0 Å². The first-order valence-corrected chi connectivity index (χ1v) is 7.12. The summed E-state index contributed by atoms with van der Waals surface area (Å²) in [7, 11) is 0. The molecule has 0 fully saturated rings. The fraction of sp³-hybridized carbons (Fsp3) is 0.400. The van der Waals surface area contributed by atoms with Crippen molar-refractivity contribution in [3.8, 4) is 11.8 Å². The molecular weight excluding hydrogens is 272 g/mol. The Kier molecular flexibility index (Phi) is 4.41. The number of benzene rings is 1. The van der Waals surface area contributed by atoms with Crippen molar-refractivity contribution in [2.75, 3.05) is 0 Å². The average molecular weight is 289 g/mol. The molecule has 104 valence electrons. The Morgan fingerprint density at radius 2 is 2.05 bits per heavy atom. The van der Waals surface area contributed by atoms with E-state index in [1.165, 1.54) is 0 Å². The van der Waals surface area contributed by atoms with E-state index in [1.54, 1.807) is 4.68 Å². The number of nitriles is 1. The van der Waals surface area contributed by atoms with Gasteiger partial charge < -0.3 is 0 Å². The normalized spacial score (nSPS) is 10.8. The predicted molar refractivity (Wildman–Crippen MR) is 79.1 cm³/mol. The predicted octanol–water partition coefficient (Wildman–Crippen LogP) is 4.00. The molecule has 0 bridgehead atoms. The summed E-state index contributed by atoms with van der Waals surface area (Å²) in [5.74, 6) is 0.262. The molecule has 0 amide bonds. The lowest BCUT2D eigenvalue weighted by Gasteiger charge is -2.16. The van der Waals surface area contributed by atoms with Gasteiger partial charge in [0, 0.05) is 10.9 Å². The van der Waals surface area contributed by atoms with Crippen molar-refractivity contribution in [2.45, 2.75) is 39.5 Å². The second-order valence-corrected chi connectivity index (χ2v) is 5.15. The van der Waals surface area contributed by atoms with Gasteiger partial charge in [-0.25, -0.2) is 4.68 Å². The summed E-state index contributed by atoms with van der Waals surface area (Å²) < 4.78 is 1.76. The van der Waals surface area contributed by atoms with Crippen LogP contribution in [0.4, 0.5) is 0 Å². The zero-order valence-electron chi connectivity index (χ0n) is 11.9. The van der Waals surface area contributed by atoms with Crippen LogP contribution < -0.4 is 0 Å². The van der Waals surface area contributed by atoms with Gasteiger partial charge in [0.15, 0.2) is 5.69 Å². The molecule has 0 unspecified atom stereocenters. The van der Waals surface area contributed by atoms with Crippen LogP contribution in [0.5, 0.6) is 0 Å². The largest absolute Gasteiger partial charge is 0.216 e. The van der Waals surface area contributed by atoms with Gasteiger partial charge in [0.2, 0.25) is 0 Å². The lowest BCUT2D eigenvalue weighted by atomic mass is 9.97. The molecular formula is C15H17ClN4. The number of nitrogens with zero attached hydrogens (tertiary/aromatic N) is 4. The third-order valence-corrected chi connectivity index (χ3v) is 4.06. The molecule has 0 N–H and O–H groups in total. The second kappa shape index (κ2) is 6.06. The monoisotopic (exact) mass is 288 g/mol. The lowest BCUT2D eigenvalue weighted by molar-refractivity contribution is 0.593. The molecule has 0 saturated heterocycles. The van der Waals surface area contributed by atoms with Crippen molar-refractivity contribution in [3.63, 3.8) is 0 Å². The summed E-state index contributed by atoms with van der Waals surface area (Å²) in [5, 5.41) is 18.1. The van der Waals surface area contributed by atoms with Crippen LogP contribution in [0.1, 0.15) is 49.6 Å². The van der Waals surface area contributed by atoms with E-state index in [1.807, 2.05) is 25.1 Å². The minimum Gasteiger partial charge on any atom is -0.216 e. The Labute approximate surface area is 124 Å². The van der Waals surface area contributed by atoms with E-state index in [2.05, 4.69) is 30.2 Å².